The summed E-state index contributed by atoms with van der Waals surface area (Å²) in [7, 11) is -3.68. The zero-order valence-corrected chi connectivity index (χ0v) is 20.1. The molecule has 0 unspecified atom stereocenters. The number of nitrogens with one attached hydrogen (secondary N) is 3. The smallest absolute Gasteiger partial charge is 0.256 e. The van der Waals surface area contributed by atoms with Crippen molar-refractivity contribution < 1.29 is 18.1 Å². The van der Waals surface area contributed by atoms with E-state index in [1.807, 2.05) is 0 Å². The summed E-state index contributed by atoms with van der Waals surface area (Å²) in [4.78, 5) is 30.1. The fourth-order valence-electron chi connectivity index (χ4n) is 4.14. The normalized spacial score (nSPS) is 16.0. The van der Waals surface area contributed by atoms with E-state index in [0.717, 1.165) is 38.9 Å². The summed E-state index contributed by atoms with van der Waals surface area (Å²) in [5, 5.41) is 3.02. The Bertz CT molecular complexity index is 1100. The van der Waals surface area contributed by atoms with Gasteiger partial charge in [-0.15, -0.1) is 0 Å². The molecule has 3 rings (SSSR count). The predicted molar refractivity (Wildman–Crippen MR) is 126 cm³/mol. The molecule has 1 fully saturated rings. The molecule has 8 nitrogen and oxygen atoms in total. The van der Waals surface area contributed by atoms with Gasteiger partial charge in [0.2, 0.25) is 15.5 Å². The van der Waals surface area contributed by atoms with E-state index >= 15 is 0 Å². The van der Waals surface area contributed by atoms with Crippen molar-refractivity contribution in [3.05, 3.63) is 40.2 Å². The van der Waals surface area contributed by atoms with E-state index < -0.39 is 21.4 Å². The van der Waals surface area contributed by atoms with Crippen molar-refractivity contribution in [2.75, 3.05) is 39.3 Å². The number of amides is 1. The number of hydrogen-bond acceptors (Lipinski definition) is 4. The highest BCUT2D eigenvalue weighted by Crippen LogP contribution is 2.24. The molecule has 0 spiro atoms. The SMILES string of the molecule is CC[NH+](CC)CCCNC(=O)c1c[nH]c2ccc(S(=O)(=O)N3CCC(C)CC3)cc2c1=O. The van der Waals surface area contributed by atoms with Gasteiger partial charge in [0.25, 0.3) is 5.91 Å². The van der Waals surface area contributed by atoms with Crippen LogP contribution in [0.2, 0.25) is 0 Å². The highest BCUT2D eigenvalue weighted by atomic mass is 32.2. The second-order valence-electron chi connectivity index (χ2n) is 8.64. The number of rotatable bonds is 9. The molecule has 0 atom stereocenters. The van der Waals surface area contributed by atoms with E-state index in [1.54, 1.807) is 6.07 Å². The summed E-state index contributed by atoms with van der Waals surface area (Å²) in [5.41, 5.74) is 0.0341. The number of carbonyl (C=O) groups excluding carboxylic acids is 1. The van der Waals surface area contributed by atoms with Crippen molar-refractivity contribution >= 4 is 26.8 Å². The van der Waals surface area contributed by atoms with E-state index in [1.165, 1.54) is 27.5 Å². The standard InChI is InChI=1S/C23H34N4O4S/c1-4-26(5-2)12-6-11-24-23(29)20-16-25-21-8-7-18(15-19(21)22(20)28)32(30,31)27-13-9-17(3)10-14-27/h7-8,15-17H,4-6,9-14H2,1-3H3,(H,24,29)(H,25,28)/p+1. The largest absolute Gasteiger partial charge is 0.360 e. The predicted octanol–water partition coefficient (Wildman–Crippen LogP) is 0.993. The molecule has 1 aromatic heterocycles. The van der Waals surface area contributed by atoms with Crippen molar-refractivity contribution in [3.8, 4) is 0 Å². The van der Waals surface area contributed by atoms with Gasteiger partial charge in [-0.25, -0.2) is 8.42 Å². The van der Waals surface area contributed by atoms with E-state index in [9.17, 15) is 18.0 Å². The third kappa shape index (κ3) is 5.39. The molecule has 0 bridgehead atoms. The number of aromatic nitrogens is 1. The zero-order chi connectivity index (χ0) is 23.3. The summed E-state index contributed by atoms with van der Waals surface area (Å²) in [5.74, 6) is 0.0661. The fourth-order valence-corrected chi connectivity index (χ4v) is 5.64. The van der Waals surface area contributed by atoms with Crippen LogP contribution in [-0.4, -0.2) is 62.9 Å². The Morgan fingerprint density at radius 2 is 1.91 bits per heavy atom. The van der Waals surface area contributed by atoms with Crippen LogP contribution in [0.15, 0.2) is 34.1 Å². The van der Waals surface area contributed by atoms with Crippen LogP contribution in [0.5, 0.6) is 0 Å². The van der Waals surface area contributed by atoms with Gasteiger partial charge in [0.1, 0.15) is 5.56 Å². The second-order valence-corrected chi connectivity index (χ2v) is 10.6. The summed E-state index contributed by atoms with van der Waals surface area (Å²) in [6.45, 7) is 10.9. The van der Waals surface area contributed by atoms with Gasteiger partial charge in [-0.05, 0) is 50.8 Å². The molecule has 3 N–H and O–H groups in total. The van der Waals surface area contributed by atoms with Crippen molar-refractivity contribution in [1.29, 1.82) is 0 Å². The first-order valence-electron chi connectivity index (χ1n) is 11.5. The molecule has 1 saturated heterocycles. The van der Waals surface area contributed by atoms with E-state index in [2.05, 4.69) is 31.1 Å². The molecule has 2 heterocycles. The van der Waals surface area contributed by atoms with Gasteiger partial charge in [0.15, 0.2) is 0 Å². The zero-order valence-electron chi connectivity index (χ0n) is 19.2. The maximum absolute atomic E-state index is 13.1. The van der Waals surface area contributed by atoms with Gasteiger partial charge in [-0.2, -0.15) is 4.31 Å². The first kappa shape index (κ1) is 24.4. The minimum Gasteiger partial charge on any atom is -0.360 e. The minimum absolute atomic E-state index is 0.00553. The molecular formula is C23H35N4O4S+. The van der Waals surface area contributed by atoms with Crippen molar-refractivity contribution in [2.24, 2.45) is 5.92 Å². The molecule has 9 heteroatoms. The van der Waals surface area contributed by atoms with Gasteiger partial charge in [0.05, 0.1) is 24.5 Å². The first-order chi connectivity index (χ1) is 15.3. The monoisotopic (exact) mass is 463 g/mol. The number of nitrogens with zero attached hydrogens (tertiary/aromatic N) is 1. The number of benzene rings is 1. The van der Waals surface area contributed by atoms with E-state index in [4.69, 9.17) is 0 Å². The number of aromatic amines is 1. The van der Waals surface area contributed by atoms with Crippen molar-refractivity contribution in [2.45, 2.75) is 44.9 Å². The van der Waals surface area contributed by atoms with Gasteiger partial charge in [-0.3, -0.25) is 9.59 Å². The average Bonchev–Trinajstić information content (AvgIpc) is 2.79. The number of carbonyl (C=O) groups is 1. The van der Waals surface area contributed by atoms with Crippen molar-refractivity contribution in [1.82, 2.24) is 14.6 Å². The molecule has 0 radical (unpaired) electrons. The number of H-pyrrole nitrogens is 1. The van der Waals surface area contributed by atoms with Gasteiger partial charge in [0, 0.05) is 43.2 Å². The maximum atomic E-state index is 13.1. The lowest BCUT2D eigenvalue weighted by atomic mass is 10.0. The number of pyridine rings is 1. The Kier molecular flexibility index (Phi) is 8.08. The Labute approximate surface area is 190 Å². The first-order valence-corrected chi connectivity index (χ1v) is 13.0. The second kappa shape index (κ2) is 10.6. The Balaban J connectivity index is 1.78. The highest BCUT2D eigenvalue weighted by Gasteiger charge is 2.28. The van der Waals surface area contributed by atoms with Gasteiger partial charge in [-0.1, -0.05) is 6.92 Å². The Morgan fingerprint density at radius 1 is 1.22 bits per heavy atom. The van der Waals surface area contributed by atoms with Crippen LogP contribution in [-0.2, 0) is 10.0 Å². The average molecular weight is 464 g/mol. The lowest BCUT2D eigenvalue weighted by Crippen LogP contribution is -3.11. The number of hydrogen-bond donors (Lipinski definition) is 3. The third-order valence-electron chi connectivity index (χ3n) is 6.47. The van der Waals surface area contributed by atoms with Gasteiger partial charge >= 0.3 is 0 Å². The molecule has 1 aliphatic heterocycles. The van der Waals surface area contributed by atoms with Crippen LogP contribution < -0.4 is 15.6 Å². The van der Waals surface area contributed by atoms with E-state index in [0.29, 0.717) is 31.1 Å². The molecule has 176 valence electrons. The summed E-state index contributed by atoms with van der Waals surface area (Å²) < 4.78 is 27.6. The number of sulfonamides is 1. The number of fused-ring (bicyclic) bond motifs is 1. The highest BCUT2D eigenvalue weighted by molar-refractivity contribution is 7.89. The quantitative estimate of drug-likeness (QED) is 0.483. The molecule has 1 aromatic carbocycles. The Hall–Kier alpha value is -2.23. The molecule has 1 amide bonds. The Morgan fingerprint density at radius 3 is 2.56 bits per heavy atom. The fraction of sp³-hybridized carbons (Fsp3) is 0.565. The molecule has 1 aliphatic rings. The number of piperidine rings is 1. The van der Waals surface area contributed by atoms with E-state index in [-0.39, 0.29) is 15.8 Å². The molecule has 32 heavy (non-hydrogen) atoms. The molecule has 0 saturated carbocycles. The topological polar surface area (TPSA) is 104 Å². The van der Waals surface area contributed by atoms with Crippen molar-refractivity contribution in [3.63, 3.8) is 0 Å². The van der Waals surface area contributed by atoms with Crippen LogP contribution in [0, 0.1) is 5.92 Å². The van der Waals surface area contributed by atoms with Crippen LogP contribution in [0.25, 0.3) is 10.9 Å². The van der Waals surface area contributed by atoms with Crippen LogP contribution in [0.1, 0.15) is 50.4 Å². The third-order valence-corrected chi connectivity index (χ3v) is 8.36. The lowest BCUT2D eigenvalue weighted by Gasteiger charge is -2.29. The molecule has 0 aliphatic carbocycles. The summed E-state index contributed by atoms with van der Waals surface area (Å²) in [6, 6.07) is 4.49. The molecular weight excluding hydrogens is 428 g/mol. The molecule has 2 aromatic rings. The van der Waals surface area contributed by atoms with Gasteiger partial charge < -0.3 is 15.2 Å². The summed E-state index contributed by atoms with van der Waals surface area (Å²) in [6.07, 6.45) is 3.88. The number of quaternary nitrogens is 1. The lowest BCUT2D eigenvalue weighted by molar-refractivity contribution is -0.896. The van der Waals surface area contributed by atoms with Crippen LogP contribution in [0.4, 0.5) is 0 Å². The maximum Gasteiger partial charge on any atom is 0.256 e. The van der Waals surface area contributed by atoms with Crippen LogP contribution >= 0.6 is 0 Å². The summed E-state index contributed by atoms with van der Waals surface area (Å²) >= 11 is 0. The van der Waals surface area contributed by atoms with Crippen LogP contribution in [0.3, 0.4) is 0 Å². The minimum atomic E-state index is -3.68.